The molecule has 0 heterocycles. The van der Waals surface area contributed by atoms with Crippen LogP contribution in [0.15, 0.2) is 18.2 Å². The Bertz CT molecular complexity index is 450. The zero-order chi connectivity index (χ0) is 14.6. The highest BCUT2D eigenvalue weighted by atomic mass is 35.5. The van der Waals surface area contributed by atoms with Gasteiger partial charge in [0.2, 0.25) is 0 Å². The molecule has 1 amide bonds. The molecule has 1 aromatic rings. The van der Waals surface area contributed by atoms with Crippen molar-refractivity contribution in [3.63, 3.8) is 0 Å². The standard InChI is InChI=1S/C15H23ClN2O/c1-15(2,3)8-9-17-11-6-7-13(16)12(10-11)14(19)18(4)5/h6-7,10,17H,8-9H2,1-5H3. The number of anilines is 1. The van der Waals surface area contributed by atoms with Crippen LogP contribution >= 0.6 is 11.6 Å². The summed E-state index contributed by atoms with van der Waals surface area (Å²) >= 11 is 6.07. The Kier molecular flexibility index (Phi) is 5.24. The lowest BCUT2D eigenvalue weighted by atomic mass is 9.92. The quantitative estimate of drug-likeness (QED) is 0.909. The number of carbonyl (C=O) groups excluding carboxylic acids is 1. The third kappa shape index (κ3) is 5.11. The lowest BCUT2D eigenvalue weighted by Gasteiger charge is -2.19. The van der Waals surface area contributed by atoms with Crippen LogP contribution < -0.4 is 5.32 Å². The Morgan fingerprint density at radius 1 is 1.32 bits per heavy atom. The van der Waals surface area contributed by atoms with E-state index in [0.717, 1.165) is 18.7 Å². The van der Waals surface area contributed by atoms with Crippen molar-refractivity contribution in [2.75, 3.05) is 26.0 Å². The molecule has 1 aromatic carbocycles. The zero-order valence-corrected chi connectivity index (χ0v) is 13.1. The van der Waals surface area contributed by atoms with Crippen molar-refractivity contribution < 1.29 is 4.79 Å². The highest BCUT2D eigenvalue weighted by Gasteiger charge is 2.13. The smallest absolute Gasteiger partial charge is 0.254 e. The van der Waals surface area contributed by atoms with Crippen molar-refractivity contribution in [2.45, 2.75) is 27.2 Å². The number of hydrogen-bond donors (Lipinski definition) is 1. The molecule has 19 heavy (non-hydrogen) atoms. The summed E-state index contributed by atoms with van der Waals surface area (Å²) in [6, 6.07) is 5.47. The normalized spacial score (nSPS) is 11.3. The first-order chi connectivity index (χ1) is 8.70. The summed E-state index contributed by atoms with van der Waals surface area (Å²) in [7, 11) is 3.44. The van der Waals surface area contributed by atoms with Crippen LogP contribution in [0.25, 0.3) is 0 Å². The zero-order valence-electron chi connectivity index (χ0n) is 12.4. The minimum Gasteiger partial charge on any atom is -0.385 e. The van der Waals surface area contributed by atoms with E-state index in [1.54, 1.807) is 20.2 Å². The van der Waals surface area contributed by atoms with Crippen LogP contribution in [0.3, 0.4) is 0 Å². The molecule has 0 spiro atoms. The minimum atomic E-state index is -0.0792. The summed E-state index contributed by atoms with van der Waals surface area (Å²) in [6.07, 6.45) is 1.06. The van der Waals surface area contributed by atoms with Gasteiger partial charge in [-0.2, -0.15) is 0 Å². The van der Waals surface area contributed by atoms with E-state index in [1.165, 1.54) is 4.90 Å². The largest absolute Gasteiger partial charge is 0.385 e. The Morgan fingerprint density at radius 3 is 2.47 bits per heavy atom. The van der Waals surface area contributed by atoms with Crippen LogP contribution in [-0.4, -0.2) is 31.4 Å². The van der Waals surface area contributed by atoms with Crippen LogP contribution in [0, 0.1) is 5.41 Å². The Labute approximate surface area is 120 Å². The van der Waals surface area contributed by atoms with Crippen molar-refractivity contribution in [1.82, 2.24) is 4.90 Å². The van der Waals surface area contributed by atoms with Crippen molar-refractivity contribution in [3.8, 4) is 0 Å². The van der Waals surface area contributed by atoms with Crippen LogP contribution in [0.5, 0.6) is 0 Å². The van der Waals surface area contributed by atoms with E-state index in [1.807, 2.05) is 12.1 Å². The van der Waals surface area contributed by atoms with Gasteiger partial charge in [-0.05, 0) is 30.0 Å². The summed E-state index contributed by atoms with van der Waals surface area (Å²) in [5.41, 5.74) is 1.76. The third-order valence-electron chi connectivity index (χ3n) is 2.81. The molecule has 0 bridgehead atoms. The van der Waals surface area contributed by atoms with Crippen molar-refractivity contribution in [1.29, 1.82) is 0 Å². The molecule has 0 saturated carbocycles. The van der Waals surface area contributed by atoms with Gasteiger partial charge >= 0.3 is 0 Å². The van der Waals surface area contributed by atoms with E-state index in [-0.39, 0.29) is 5.91 Å². The number of nitrogens with zero attached hydrogens (tertiary/aromatic N) is 1. The van der Waals surface area contributed by atoms with Gasteiger partial charge in [0.15, 0.2) is 0 Å². The fourth-order valence-corrected chi connectivity index (χ4v) is 1.82. The van der Waals surface area contributed by atoms with E-state index in [0.29, 0.717) is 16.0 Å². The number of halogens is 1. The molecule has 0 aliphatic carbocycles. The molecule has 0 aromatic heterocycles. The average Bonchev–Trinajstić information content (AvgIpc) is 2.28. The molecule has 1 rings (SSSR count). The topological polar surface area (TPSA) is 32.3 Å². The number of benzene rings is 1. The molecular formula is C15H23ClN2O. The Morgan fingerprint density at radius 2 is 1.95 bits per heavy atom. The number of amides is 1. The molecule has 0 radical (unpaired) electrons. The number of nitrogens with one attached hydrogen (secondary N) is 1. The van der Waals surface area contributed by atoms with Gasteiger partial charge in [0, 0.05) is 26.3 Å². The number of carbonyl (C=O) groups is 1. The number of rotatable bonds is 4. The van der Waals surface area contributed by atoms with Gasteiger partial charge in [-0.3, -0.25) is 4.79 Å². The molecule has 106 valence electrons. The van der Waals surface area contributed by atoms with Crippen LogP contribution in [0.4, 0.5) is 5.69 Å². The maximum absolute atomic E-state index is 12.0. The molecule has 4 heteroatoms. The van der Waals surface area contributed by atoms with Crippen molar-refractivity contribution >= 4 is 23.2 Å². The average molecular weight is 283 g/mol. The summed E-state index contributed by atoms with van der Waals surface area (Å²) in [6.45, 7) is 7.49. The SMILES string of the molecule is CN(C)C(=O)c1cc(NCCC(C)(C)C)ccc1Cl. The molecule has 0 atom stereocenters. The molecular weight excluding hydrogens is 260 g/mol. The second-order valence-electron chi connectivity index (χ2n) is 6.13. The number of hydrogen-bond acceptors (Lipinski definition) is 2. The first-order valence-corrected chi connectivity index (χ1v) is 6.83. The third-order valence-corrected chi connectivity index (χ3v) is 3.14. The van der Waals surface area contributed by atoms with E-state index in [4.69, 9.17) is 11.6 Å². The first-order valence-electron chi connectivity index (χ1n) is 6.46. The van der Waals surface area contributed by atoms with Gasteiger partial charge in [-0.15, -0.1) is 0 Å². The first kappa shape index (κ1) is 15.8. The molecule has 0 saturated heterocycles. The molecule has 1 N–H and O–H groups in total. The maximum atomic E-state index is 12.0. The Balaban J connectivity index is 2.77. The lowest BCUT2D eigenvalue weighted by molar-refractivity contribution is 0.0828. The van der Waals surface area contributed by atoms with Gasteiger partial charge in [-0.25, -0.2) is 0 Å². The van der Waals surface area contributed by atoms with Crippen LogP contribution in [-0.2, 0) is 0 Å². The molecule has 0 fully saturated rings. The summed E-state index contributed by atoms with van der Waals surface area (Å²) in [4.78, 5) is 13.5. The minimum absolute atomic E-state index is 0.0792. The summed E-state index contributed by atoms with van der Waals surface area (Å²) < 4.78 is 0. The van der Waals surface area contributed by atoms with Gasteiger partial charge in [0.25, 0.3) is 5.91 Å². The molecule has 3 nitrogen and oxygen atoms in total. The van der Waals surface area contributed by atoms with Gasteiger partial charge in [0.1, 0.15) is 0 Å². The van der Waals surface area contributed by atoms with E-state index in [9.17, 15) is 4.79 Å². The van der Waals surface area contributed by atoms with E-state index in [2.05, 4.69) is 26.1 Å². The lowest BCUT2D eigenvalue weighted by Crippen LogP contribution is -2.22. The summed E-state index contributed by atoms with van der Waals surface area (Å²) in [5.74, 6) is -0.0792. The van der Waals surface area contributed by atoms with Gasteiger partial charge < -0.3 is 10.2 Å². The highest BCUT2D eigenvalue weighted by Crippen LogP contribution is 2.23. The molecule has 0 unspecified atom stereocenters. The second-order valence-corrected chi connectivity index (χ2v) is 6.54. The van der Waals surface area contributed by atoms with Crippen LogP contribution in [0.2, 0.25) is 5.02 Å². The Hall–Kier alpha value is -1.22. The predicted molar refractivity (Wildman–Crippen MR) is 82.0 cm³/mol. The van der Waals surface area contributed by atoms with Crippen molar-refractivity contribution in [2.24, 2.45) is 5.41 Å². The van der Waals surface area contributed by atoms with Crippen molar-refractivity contribution in [3.05, 3.63) is 28.8 Å². The van der Waals surface area contributed by atoms with E-state index < -0.39 is 0 Å². The van der Waals surface area contributed by atoms with Gasteiger partial charge in [0.05, 0.1) is 10.6 Å². The highest BCUT2D eigenvalue weighted by molar-refractivity contribution is 6.34. The summed E-state index contributed by atoms with van der Waals surface area (Å²) in [5, 5.41) is 3.82. The van der Waals surface area contributed by atoms with Gasteiger partial charge in [-0.1, -0.05) is 32.4 Å². The molecule has 0 aliphatic rings. The predicted octanol–water partition coefficient (Wildman–Crippen LogP) is 3.89. The van der Waals surface area contributed by atoms with Crippen LogP contribution in [0.1, 0.15) is 37.6 Å². The monoisotopic (exact) mass is 282 g/mol. The second kappa shape index (κ2) is 6.29. The fourth-order valence-electron chi connectivity index (χ4n) is 1.62. The molecule has 0 aliphatic heterocycles. The van der Waals surface area contributed by atoms with E-state index >= 15 is 0 Å². The fraction of sp³-hybridized carbons (Fsp3) is 0.533. The maximum Gasteiger partial charge on any atom is 0.254 e.